The number of hydrogen-bond acceptors (Lipinski definition) is 5. The minimum Gasteiger partial charge on any atom is -0.491 e. The van der Waals surface area contributed by atoms with Crippen molar-refractivity contribution in [2.75, 3.05) is 19.7 Å². The highest BCUT2D eigenvalue weighted by Gasteiger charge is 2.27. The molecule has 4 rings (SSSR count). The summed E-state index contributed by atoms with van der Waals surface area (Å²) in [5, 5.41) is 16.3. The predicted octanol–water partition coefficient (Wildman–Crippen LogP) is 5.43. The zero-order valence-electron chi connectivity index (χ0n) is 18.1. The number of rotatable bonds is 10. The first-order chi connectivity index (χ1) is 16.1. The van der Waals surface area contributed by atoms with Crippen molar-refractivity contribution >= 4 is 28.9 Å². The number of aliphatic hydroxyl groups is 1. The van der Waals surface area contributed by atoms with Gasteiger partial charge in [0.2, 0.25) is 0 Å². The molecule has 1 heterocycles. The number of aliphatic hydroxyl groups excluding tert-OH is 1. The average molecular weight is 485 g/mol. The summed E-state index contributed by atoms with van der Waals surface area (Å²) in [6.07, 6.45) is -0.196. The van der Waals surface area contributed by atoms with E-state index in [1.54, 1.807) is 0 Å². The Bertz CT molecular complexity index is 1080. The molecule has 1 N–H and O–H groups in total. The van der Waals surface area contributed by atoms with Crippen molar-refractivity contribution in [2.45, 2.75) is 25.2 Å². The molecule has 0 unspecified atom stereocenters. The second kappa shape index (κ2) is 11.5. The molecule has 0 aliphatic carbocycles. The lowest BCUT2D eigenvalue weighted by atomic mass is 10.0. The van der Waals surface area contributed by atoms with E-state index in [0.29, 0.717) is 36.1 Å². The Hall–Kier alpha value is -2.57. The third kappa shape index (κ3) is 6.71. The summed E-state index contributed by atoms with van der Waals surface area (Å²) in [5.74, 6) is 0.728. The quantitative estimate of drug-likeness (QED) is 0.416. The summed E-state index contributed by atoms with van der Waals surface area (Å²) in [7, 11) is 0. The molecule has 0 saturated carbocycles. The van der Waals surface area contributed by atoms with E-state index in [9.17, 15) is 5.11 Å². The van der Waals surface area contributed by atoms with E-state index in [-0.39, 0.29) is 12.7 Å². The van der Waals surface area contributed by atoms with Crippen LogP contribution in [-0.2, 0) is 11.4 Å². The third-order valence-electron chi connectivity index (χ3n) is 5.39. The molecule has 0 aromatic heterocycles. The fourth-order valence-electron chi connectivity index (χ4n) is 3.80. The van der Waals surface area contributed by atoms with E-state index in [2.05, 4.69) is 10.1 Å². The molecule has 0 fully saturated rings. The van der Waals surface area contributed by atoms with Crippen LogP contribution in [0.2, 0.25) is 10.0 Å². The molecule has 172 valence electrons. The van der Waals surface area contributed by atoms with Crippen LogP contribution in [0.25, 0.3) is 0 Å². The van der Waals surface area contributed by atoms with Gasteiger partial charge < -0.3 is 14.7 Å². The van der Waals surface area contributed by atoms with Crippen molar-refractivity contribution in [3.8, 4) is 5.75 Å². The minimum absolute atomic E-state index is 0.152. The maximum absolute atomic E-state index is 10.7. The largest absolute Gasteiger partial charge is 0.491 e. The predicted molar refractivity (Wildman–Crippen MR) is 132 cm³/mol. The zero-order valence-corrected chi connectivity index (χ0v) is 19.6. The molecule has 1 aliphatic rings. The molecule has 0 spiro atoms. The third-order valence-corrected chi connectivity index (χ3v) is 6.08. The van der Waals surface area contributed by atoms with E-state index in [0.717, 1.165) is 22.6 Å². The lowest BCUT2D eigenvalue weighted by Crippen LogP contribution is -2.39. The molecule has 1 aliphatic heterocycles. The highest BCUT2D eigenvalue weighted by atomic mass is 35.5. The molecule has 5 nitrogen and oxygen atoms in total. The van der Waals surface area contributed by atoms with Gasteiger partial charge in [0.05, 0.1) is 5.71 Å². The monoisotopic (exact) mass is 484 g/mol. The molecule has 0 amide bonds. The molecule has 3 aromatic rings. The Morgan fingerprint density at radius 3 is 2.42 bits per heavy atom. The normalized spacial score (nSPS) is 16.4. The summed E-state index contributed by atoms with van der Waals surface area (Å²) in [6.45, 7) is 1.74. The van der Waals surface area contributed by atoms with Gasteiger partial charge in [-0.1, -0.05) is 83.0 Å². The van der Waals surface area contributed by atoms with Gasteiger partial charge in [0.25, 0.3) is 0 Å². The van der Waals surface area contributed by atoms with Gasteiger partial charge in [-0.05, 0) is 29.8 Å². The number of para-hydroxylation sites is 1. The smallest absolute Gasteiger partial charge is 0.145 e. The van der Waals surface area contributed by atoms with E-state index in [1.165, 1.54) is 0 Å². The Labute approximate surface area is 204 Å². The van der Waals surface area contributed by atoms with Crippen molar-refractivity contribution in [2.24, 2.45) is 5.16 Å². The van der Waals surface area contributed by atoms with Gasteiger partial charge in [0.15, 0.2) is 0 Å². The van der Waals surface area contributed by atoms with Gasteiger partial charge in [0, 0.05) is 41.7 Å². The topological polar surface area (TPSA) is 54.3 Å². The SMILES string of the molecule is O[C@@H](COc1ccccc1)CN(Cc1ccccc1Cl)C[C@@H]1CC(c2ccccc2Cl)=NO1. The van der Waals surface area contributed by atoms with Crippen LogP contribution in [0.3, 0.4) is 0 Å². The Kier molecular flexibility index (Phi) is 8.24. The molecule has 33 heavy (non-hydrogen) atoms. The van der Waals surface area contributed by atoms with Crippen LogP contribution in [-0.4, -0.2) is 47.6 Å². The maximum Gasteiger partial charge on any atom is 0.145 e. The lowest BCUT2D eigenvalue weighted by Gasteiger charge is -2.27. The zero-order chi connectivity index (χ0) is 23.0. The Morgan fingerprint density at radius 2 is 1.67 bits per heavy atom. The number of halogens is 2. The van der Waals surface area contributed by atoms with E-state index in [1.807, 2.05) is 78.9 Å². The number of ether oxygens (including phenoxy) is 1. The van der Waals surface area contributed by atoms with E-state index < -0.39 is 6.10 Å². The van der Waals surface area contributed by atoms with Crippen molar-refractivity contribution in [3.05, 3.63) is 100 Å². The summed E-state index contributed by atoms with van der Waals surface area (Å²) in [4.78, 5) is 7.85. The van der Waals surface area contributed by atoms with Crippen LogP contribution in [0, 0.1) is 0 Å². The van der Waals surface area contributed by atoms with Crippen molar-refractivity contribution < 1.29 is 14.7 Å². The van der Waals surface area contributed by atoms with Gasteiger partial charge in [-0.15, -0.1) is 0 Å². The summed E-state index contributed by atoms with van der Waals surface area (Å²) in [5.41, 5.74) is 2.70. The highest BCUT2D eigenvalue weighted by molar-refractivity contribution is 6.34. The lowest BCUT2D eigenvalue weighted by molar-refractivity contribution is 0.0213. The second-order valence-electron chi connectivity index (χ2n) is 8.01. The van der Waals surface area contributed by atoms with Gasteiger partial charge in [0.1, 0.15) is 24.6 Å². The average Bonchev–Trinajstić information content (AvgIpc) is 3.28. The summed E-state index contributed by atoms with van der Waals surface area (Å²) in [6, 6.07) is 24.8. The van der Waals surface area contributed by atoms with Gasteiger partial charge >= 0.3 is 0 Å². The fraction of sp³-hybridized carbons (Fsp3) is 0.269. The number of hydrogen-bond donors (Lipinski definition) is 1. The van der Waals surface area contributed by atoms with Gasteiger partial charge in [-0.2, -0.15) is 0 Å². The van der Waals surface area contributed by atoms with Gasteiger partial charge in [-0.25, -0.2) is 0 Å². The Balaban J connectivity index is 1.39. The minimum atomic E-state index is -0.682. The van der Waals surface area contributed by atoms with Crippen LogP contribution in [0.15, 0.2) is 84.0 Å². The molecule has 7 heteroatoms. The molecule has 0 radical (unpaired) electrons. The van der Waals surface area contributed by atoms with Crippen LogP contribution < -0.4 is 4.74 Å². The molecular formula is C26H26Cl2N2O3. The molecule has 0 bridgehead atoms. The molecular weight excluding hydrogens is 459 g/mol. The number of benzene rings is 3. The maximum atomic E-state index is 10.7. The molecule has 2 atom stereocenters. The first-order valence-electron chi connectivity index (χ1n) is 10.9. The summed E-state index contributed by atoms with van der Waals surface area (Å²) >= 11 is 12.7. The van der Waals surface area contributed by atoms with Gasteiger partial charge in [-0.3, -0.25) is 4.90 Å². The first-order valence-corrected chi connectivity index (χ1v) is 11.6. The standard InChI is InChI=1S/C26H26Cl2N2O3/c27-24-12-6-4-8-19(24)15-30(16-20(31)18-32-21-9-2-1-3-10-21)17-22-14-26(29-33-22)23-11-5-7-13-25(23)28/h1-13,20,22,31H,14-18H2/t20-,22+/m1/s1. The van der Waals surface area contributed by atoms with Crippen LogP contribution in [0.4, 0.5) is 0 Å². The molecule has 0 saturated heterocycles. The van der Waals surface area contributed by atoms with Crippen LogP contribution in [0.1, 0.15) is 17.5 Å². The summed E-state index contributed by atoms with van der Waals surface area (Å²) < 4.78 is 5.73. The molecule has 3 aromatic carbocycles. The van der Waals surface area contributed by atoms with Crippen molar-refractivity contribution in [3.63, 3.8) is 0 Å². The first kappa shape index (κ1) is 23.6. The van der Waals surface area contributed by atoms with Crippen LogP contribution >= 0.6 is 23.2 Å². The second-order valence-corrected chi connectivity index (χ2v) is 8.83. The number of nitrogens with zero attached hydrogens (tertiary/aromatic N) is 2. The highest BCUT2D eigenvalue weighted by Crippen LogP contribution is 2.24. The van der Waals surface area contributed by atoms with E-state index >= 15 is 0 Å². The van der Waals surface area contributed by atoms with Crippen molar-refractivity contribution in [1.29, 1.82) is 0 Å². The van der Waals surface area contributed by atoms with Crippen molar-refractivity contribution in [1.82, 2.24) is 4.90 Å². The fourth-order valence-corrected chi connectivity index (χ4v) is 4.24. The van der Waals surface area contributed by atoms with E-state index in [4.69, 9.17) is 32.8 Å². The van der Waals surface area contributed by atoms with Crippen LogP contribution in [0.5, 0.6) is 5.75 Å². The number of oxime groups is 1. The Morgan fingerprint density at radius 1 is 0.970 bits per heavy atom.